The van der Waals surface area contributed by atoms with Crippen molar-refractivity contribution >= 4 is 43.9 Å². The van der Waals surface area contributed by atoms with Gasteiger partial charge in [-0.2, -0.15) is 0 Å². The number of halogens is 2. The van der Waals surface area contributed by atoms with Crippen molar-refractivity contribution in [2.24, 2.45) is 0 Å². The first-order chi connectivity index (χ1) is 10.0. The van der Waals surface area contributed by atoms with Crippen LogP contribution in [0.2, 0.25) is 0 Å². The fourth-order valence-electron chi connectivity index (χ4n) is 2.22. The van der Waals surface area contributed by atoms with Crippen LogP contribution in [0.1, 0.15) is 5.69 Å². The summed E-state index contributed by atoms with van der Waals surface area (Å²) in [6.07, 6.45) is 0. The molecule has 0 aliphatic rings. The van der Waals surface area contributed by atoms with Crippen LogP contribution >= 0.6 is 15.9 Å². The minimum atomic E-state index is -0.323. The topological polar surface area (TPSA) is 50.9 Å². The smallest absolute Gasteiger partial charge is 0.147 e. The second-order valence-corrected chi connectivity index (χ2v) is 5.75. The van der Waals surface area contributed by atoms with Crippen molar-refractivity contribution in [3.63, 3.8) is 0 Å². The van der Waals surface area contributed by atoms with E-state index in [1.807, 2.05) is 25.1 Å². The third kappa shape index (κ3) is 2.83. The van der Waals surface area contributed by atoms with Crippen molar-refractivity contribution in [1.82, 2.24) is 4.98 Å². The molecule has 0 bridgehead atoms. The molecule has 0 aliphatic carbocycles. The first-order valence-corrected chi connectivity index (χ1v) is 7.21. The van der Waals surface area contributed by atoms with Gasteiger partial charge in [0.2, 0.25) is 0 Å². The molecule has 0 spiro atoms. The Balaban J connectivity index is 2.13. The summed E-state index contributed by atoms with van der Waals surface area (Å²) in [5.74, 6) is -0.323. The predicted molar refractivity (Wildman–Crippen MR) is 88.3 cm³/mol. The Hall–Kier alpha value is -2.14. The third-order valence-corrected chi connectivity index (χ3v) is 3.65. The summed E-state index contributed by atoms with van der Waals surface area (Å²) in [4.78, 5) is 4.46. The largest absolute Gasteiger partial charge is 0.399 e. The van der Waals surface area contributed by atoms with E-state index in [0.717, 1.165) is 22.3 Å². The van der Waals surface area contributed by atoms with Crippen LogP contribution in [-0.4, -0.2) is 4.98 Å². The SMILES string of the molecule is Cc1cc(Nc2ccc(Br)cc2F)c2cc(N)ccc2n1. The van der Waals surface area contributed by atoms with Crippen molar-refractivity contribution < 1.29 is 4.39 Å². The minimum absolute atomic E-state index is 0.323. The van der Waals surface area contributed by atoms with Crippen LogP contribution in [0.25, 0.3) is 10.9 Å². The Labute approximate surface area is 130 Å². The molecule has 106 valence electrons. The Morgan fingerprint density at radius 2 is 1.90 bits per heavy atom. The van der Waals surface area contributed by atoms with Gasteiger partial charge in [0.25, 0.3) is 0 Å². The Morgan fingerprint density at radius 1 is 1.10 bits per heavy atom. The standard InChI is InChI=1S/C16H13BrFN3/c1-9-6-16(12-8-11(19)3-5-14(12)20-9)21-15-4-2-10(17)7-13(15)18/h2-8H,19H2,1H3,(H,20,21). The first-order valence-electron chi connectivity index (χ1n) is 6.42. The van der Waals surface area contributed by atoms with Crippen LogP contribution in [0.4, 0.5) is 21.5 Å². The van der Waals surface area contributed by atoms with Gasteiger partial charge in [0.05, 0.1) is 11.2 Å². The lowest BCUT2D eigenvalue weighted by molar-refractivity contribution is 0.631. The zero-order chi connectivity index (χ0) is 15.0. The van der Waals surface area contributed by atoms with Gasteiger partial charge in [-0.3, -0.25) is 4.98 Å². The summed E-state index contributed by atoms with van der Waals surface area (Å²) in [5, 5.41) is 3.98. The minimum Gasteiger partial charge on any atom is -0.399 e. The molecule has 3 N–H and O–H groups in total. The molecule has 3 aromatic rings. The Kier molecular flexibility index (Phi) is 3.51. The number of nitrogens with zero attached hydrogens (tertiary/aromatic N) is 1. The van der Waals surface area contributed by atoms with Gasteiger partial charge in [-0.05, 0) is 49.4 Å². The predicted octanol–water partition coefficient (Wildman–Crippen LogP) is 4.77. The number of benzene rings is 2. The highest BCUT2D eigenvalue weighted by Crippen LogP contribution is 2.29. The number of rotatable bonds is 2. The van der Waals surface area contributed by atoms with Gasteiger partial charge in [0.1, 0.15) is 5.82 Å². The number of pyridine rings is 1. The van der Waals surface area contributed by atoms with E-state index in [2.05, 4.69) is 26.2 Å². The quantitative estimate of drug-likeness (QED) is 0.657. The first kappa shape index (κ1) is 13.8. The Bertz CT molecular complexity index is 833. The van der Waals surface area contributed by atoms with Gasteiger partial charge in [0, 0.05) is 26.9 Å². The van der Waals surface area contributed by atoms with Gasteiger partial charge in [0.15, 0.2) is 0 Å². The second kappa shape index (κ2) is 5.33. The van der Waals surface area contributed by atoms with Gasteiger partial charge in [-0.15, -0.1) is 0 Å². The molecule has 3 nitrogen and oxygen atoms in total. The van der Waals surface area contributed by atoms with Crippen LogP contribution in [0.3, 0.4) is 0 Å². The van der Waals surface area contributed by atoms with E-state index >= 15 is 0 Å². The van der Waals surface area contributed by atoms with Gasteiger partial charge >= 0.3 is 0 Å². The highest BCUT2D eigenvalue weighted by atomic mass is 79.9. The number of hydrogen-bond donors (Lipinski definition) is 2. The van der Waals surface area contributed by atoms with Crippen LogP contribution in [0.15, 0.2) is 46.9 Å². The number of nitrogens with one attached hydrogen (secondary N) is 1. The molecule has 3 rings (SSSR count). The molecule has 1 aromatic heterocycles. The van der Waals surface area contributed by atoms with Crippen LogP contribution < -0.4 is 11.1 Å². The van der Waals surface area contributed by atoms with Crippen LogP contribution in [0.5, 0.6) is 0 Å². The summed E-state index contributed by atoms with van der Waals surface area (Å²) in [7, 11) is 0. The molecular formula is C16H13BrFN3. The molecule has 2 aromatic carbocycles. The van der Waals surface area contributed by atoms with E-state index in [-0.39, 0.29) is 5.82 Å². The molecule has 0 amide bonds. The maximum absolute atomic E-state index is 14.0. The number of nitrogens with two attached hydrogens (primary N) is 1. The molecule has 1 heterocycles. The number of aryl methyl sites for hydroxylation is 1. The molecule has 0 unspecified atom stereocenters. The van der Waals surface area contributed by atoms with Gasteiger partial charge in [-0.1, -0.05) is 15.9 Å². The molecule has 0 aliphatic heterocycles. The lowest BCUT2D eigenvalue weighted by atomic mass is 10.1. The monoisotopic (exact) mass is 345 g/mol. The lowest BCUT2D eigenvalue weighted by Crippen LogP contribution is -1.97. The van der Waals surface area contributed by atoms with Crippen molar-refractivity contribution in [2.75, 3.05) is 11.1 Å². The summed E-state index contributed by atoms with van der Waals surface area (Å²) in [6, 6.07) is 12.3. The van der Waals surface area contributed by atoms with Crippen LogP contribution in [0, 0.1) is 12.7 Å². The summed E-state index contributed by atoms with van der Waals surface area (Å²) in [6.45, 7) is 1.90. The molecular weight excluding hydrogens is 333 g/mol. The number of aromatic nitrogens is 1. The fourth-order valence-corrected chi connectivity index (χ4v) is 2.55. The maximum atomic E-state index is 14.0. The van der Waals surface area contributed by atoms with Crippen molar-refractivity contribution in [2.45, 2.75) is 6.92 Å². The summed E-state index contributed by atoms with van der Waals surface area (Å²) >= 11 is 3.25. The fraction of sp³-hybridized carbons (Fsp3) is 0.0625. The number of anilines is 3. The zero-order valence-electron chi connectivity index (χ0n) is 11.3. The average molecular weight is 346 g/mol. The molecule has 5 heteroatoms. The Morgan fingerprint density at radius 3 is 2.67 bits per heavy atom. The van der Waals surface area contributed by atoms with Gasteiger partial charge in [-0.25, -0.2) is 4.39 Å². The number of fused-ring (bicyclic) bond motifs is 1. The lowest BCUT2D eigenvalue weighted by Gasteiger charge is -2.12. The number of hydrogen-bond acceptors (Lipinski definition) is 3. The third-order valence-electron chi connectivity index (χ3n) is 3.16. The molecule has 0 saturated heterocycles. The average Bonchev–Trinajstić information content (AvgIpc) is 2.42. The van der Waals surface area contributed by atoms with E-state index in [0.29, 0.717) is 15.8 Å². The zero-order valence-corrected chi connectivity index (χ0v) is 12.9. The van der Waals surface area contributed by atoms with E-state index in [1.165, 1.54) is 6.07 Å². The molecule has 21 heavy (non-hydrogen) atoms. The molecule has 0 radical (unpaired) electrons. The summed E-state index contributed by atoms with van der Waals surface area (Å²) in [5.41, 5.74) is 9.35. The van der Waals surface area contributed by atoms with E-state index in [9.17, 15) is 4.39 Å². The number of nitrogen functional groups attached to an aromatic ring is 1. The normalized spacial score (nSPS) is 10.8. The maximum Gasteiger partial charge on any atom is 0.147 e. The second-order valence-electron chi connectivity index (χ2n) is 4.84. The van der Waals surface area contributed by atoms with Crippen LogP contribution in [-0.2, 0) is 0 Å². The molecule has 0 atom stereocenters. The van der Waals surface area contributed by atoms with Crippen molar-refractivity contribution in [3.8, 4) is 0 Å². The highest BCUT2D eigenvalue weighted by molar-refractivity contribution is 9.10. The van der Waals surface area contributed by atoms with E-state index in [1.54, 1.807) is 18.2 Å². The summed E-state index contributed by atoms with van der Waals surface area (Å²) < 4.78 is 14.7. The van der Waals surface area contributed by atoms with E-state index in [4.69, 9.17) is 5.73 Å². The van der Waals surface area contributed by atoms with E-state index < -0.39 is 0 Å². The van der Waals surface area contributed by atoms with Gasteiger partial charge < -0.3 is 11.1 Å². The molecule has 0 saturated carbocycles. The van der Waals surface area contributed by atoms with Crippen molar-refractivity contribution in [3.05, 3.63) is 58.4 Å². The molecule has 0 fully saturated rings. The van der Waals surface area contributed by atoms with Crippen molar-refractivity contribution in [1.29, 1.82) is 0 Å². The highest BCUT2D eigenvalue weighted by Gasteiger charge is 2.08.